The molecule has 1 amide bonds. The zero-order valence-electron chi connectivity index (χ0n) is 22.1. The van der Waals surface area contributed by atoms with E-state index < -0.39 is 5.97 Å². The zero-order chi connectivity index (χ0) is 26.5. The van der Waals surface area contributed by atoms with Crippen LogP contribution < -0.4 is 5.32 Å². The predicted octanol–water partition coefficient (Wildman–Crippen LogP) is 5.05. The number of phenols is 1. The van der Waals surface area contributed by atoms with Crippen LogP contribution in [0.25, 0.3) is 0 Å². The molecule has 7 heteroatoms. The van der Waals surface area contributed by atoms with Crippen molar-refractivity contribution in [3.8, 4) is 5.75 Å². The number of carboxylic acids is 1. The fraction of sp³-hybridized carbons (Fsp3) is 0.733. The Labute approximate surface area is 219 Å². The molecule has 4 aliphatic carbocycles. The summed E-state index contributed by atoms with van der Waals surface area (Å²) >= 11 is 0. The fourth-order valence-corrected chi connectivity index (χ4v) is 9.21. The number of aliphatic hydroxyl groups is 2. The van der Waals surface area contributed by atoms with Crippen molar-refractivity contribution in [1.29, 1.82) is 0 Å². The first-order valence-corrected chi connectivity index (χ1v) is 14.3. The fourth-order valence-electron chi connectivity index (χ4n) is 9.21. The second-order valence-corrected chi connectivity index (χ2v) is 12.9. The van der Waals surface area contributed by atoms with Crippen LogP contribution >= 0.6 is 0 Å². The number of aromatic hydroxyl groups is 1. The Morgan fingerprint density at radius 2 is 1.84 bits per heavy atom. The van der Waals surface area contributed by atoms with E-state index in [1.807, 2.05) is 0 Å². The summed E-state index contributed by atoms with van der Waals surface area (Å²) in [6, 6.07) is 4.08. The Bertz CT molecular complexity index is 1030. The lowest BCUT2D eigenvalue weighted by Gasteiger charge is -2.60. The minimum Gasteiger partial charge on any atom is -0.507 e. The molecule has 1 aromatic rings. The van der Waals surface area contributed by atoms with E-state index in [9.17, 15) is 30.0 Å². The SMILES string of the molecule is C[C@H](CCC(=O)Nc1ccc(O)c(C(=O)O)c1)C1CCC2C3C(O)C[C@@H]4C[C@H](O)CC[C@]4(C)C3CC[C@@H]21. The van der Waals surface area contributed by atoms with E-state index in [0.717, 1.165) is 38.5 Å². The summed E-state index contributed by atoms with van der Waals surface area (Å²) in [6.45, 7) is 4.70. The molecule has 7 nitrogen and oxygen atoms in total. The minimum absolute atomic E-state index is 0.145. The third kappa shape index (κ3) is 4.89. The first-order valence-electron chi connectivity index (χ1n) is 14.3. The summed E-state index contributed by atoms with van der Waals surface area (Å²) in [6.07, 6.45) is 9.02. The summed E-state index contributed by atoms with van der Waals surface area (Å²) in [7, 11) is 0. The molecule has 0 bridgehead atoms. The minimum atomic E-state index is -1.23. The van der Waals surface area contributed by atoms with Crippen molar-refractivity contribution in [1.82, 2.24) is 0 Å². The maximum Gasteiger partial charge on any atom is 0.339 e. The first kappa shape index (κ1) is 26.5. The summed E-state index contributed by atoms with van der Waals surface area (Å²) in [5.74, 6) is 1.79. The highest BCUT2D eigenvalue weighted by Crippen LogP contribution is 2.64. The predicted molar refractivity (Wildman–Crippen MR) is 140 cm³/mol. The molecular weight excluding hydrogens is 470 g/mol. The van der Waals surface area contributed by atoms with Crippen LogP contribution in [0.2, 0.25) is 0 Å². The van der Waals surface area contributed by atoms with Crippen molar-refractivity contribution in [3.05, 3.63) is 23.8 Å². The van der Waals surface area contributed by atoms with Gasteiger partial charge >= 0.3 is 5.97 Å². The molecule has 0 aliphatic heterocycles. The number of aromatic carboxylic acids is 1. The Morgan fingerprint density at radius 1 is 1.08 bits per heavy atom. The molecule has 5 N–H and O–H groups in total. The van der Waals surface area contributed by atoms with Gasteiger partial charge in [0, 0.05) is 12.1 Å². The van der Waals surface area contributed by atoms with Crippen LogP contribution in [0.4, 0.5) is 5.69 Å². The number of hydrogen-bond donors (Lipinski definition) is 5. The lowest BCUT2D eigenvalue weighted by atomic mass is 9.46. The van der Waals surface area contributed by atoms with Gasteiger partial charge in [0.05, 0.1) is 12.2 Å². The zero-order valence-corrected chi connectivity index (χ0v) is 22.1. The van der Waals surface area contributed by atoms with E-state index in [4.69, 9.17) is 0 Å². The van der Waals surface area contributed by atoms with Crippen molar-refractivity contribution in [2.24, 2.45) is 46.8 Å². The van der Waals surface area contributed by atoms with Crippen LogP contribution in [0.5, 0.6) is 5.75 Å². The van der Waals surface area contributed by atoms with Crippen LogP contribution in [-0.4, -0.2) is 44.5 Å². The van der Waals surface area contributed by atoms with Gasteiger partial charge in [-0.3, -0.25) is 4.79 Å². The molecule has 4 fully saturated rings. The molecule has 4 aliphatic rings. The number of rotatable bonds is 6. The second kappa shape index (κ2) is 10.2. The van der Waals surface area contributed by atoms with Gasteiger partial charge in [0.15, 0.2) is 0 Å². The van der Waals surface area contributed by atoms with Gasteiger partial charge in [-0.25, -0.2) is 4.79 Å². The number of carbonyl (C=O) groups excluding carboxylic acids is 1. The van der Waals surface area contributed by atoms with Gasteiger partial charge in [0.1, 0.15) is 11.3 Å². The molecule has 0 heterocycles. The van der Waals surface area contributed by atoms with Crippen molar-refractivity contribution < 1.29 is 30.0 Å². The van der Waals surface area contributed by atoms with E-state index in [1.165, 1.54) is 37.5 Å². The topological polar surface area (TPSA) is 127 Å². The number of nitrogens with one attached hydrogen (secondary N) is 1. The lowest BCUT2D eigenvalue weighted by Crippen LogP contribution is -2.56. The molecule has 0 spiro atoms. The molecule has 5 unspecified atom stereocenters. The average molecular weight is 514 g/mol. The quantitative estimate of drug-likeness (QED) is 0.339. The molecule has 204 valence electrons. The Balaban J connectivity index is 1.19. The first-order chi connectivity index (χ1) is 17.6. The van der Waals surface area contributed by atoms with Gasteiger partial charge in [-0.15, -0.1) is 0 Å². The number of hydrogen-bond acceptors (Lipinski definition) is 5. The van der Waals surface area contributed by atoms with Gasteiger partial charge in [-0.1, -0.05) is 13.8 Å². The monoisotopic (exact) mass is 513 g/mol. The summed E-state index contributed by atoms with van der Waals surface area (Å²) in [5, 5.41) is 43.2. The molecule has 0 saturated heterocycles. The average Bonchev–Trinajstić information content (AvgIpc) is 3.29. The van der Waals surface area contributed by atoms with E-state index in [0.29, 0.717) is 53.5 Å². The van der Waals surface area contributed by atoms with Crippen LogP contribution in [0.3, 0.4) is 0 Å². The molecule has 37 heavy (non-hydrogen) atoms. The number of fused-ring (bicyclic) bond motifs is 5. The third-order valence-electron chi connectivity index (χ3n) is 11.1. The van der Waals surface area contributed by atoms with Gasteiger partial charge in [-0.2, -0.15) is 0 Å². The van der Waals surface area contributed by atoms with Crippen molar-refractivity contribution in [2.45, 2.75) is 90.3 Å². The maximum absolute atomic E-state index is 12.6. The van der Waals surface area contributed by atoms with Crippen molar-refractivity contribution in [2.75, 3.05) is 5.32 Å². The van der Waals surface area contributed by atoms with Crippen molar-refractivity contribution in [3.63, 3.8) is 0 Å². The maximum atomic E-state index is 12.6. The highest BCUT2D eigenvalue weighted by molar-refractivity contribution is 5.95. The Hall–Kier alpha value is -2.12. The van der Waals surface area contributed by atoms with E-state index in [1.54, 1.807) is 0 Å². The van der Waals surface area contributed by atoms with Crippen LogP contribution in [-0.2, 0) is 4.79 Å². The van der Waals surface area contributed by atoms with Gasteiger partial charge in [-0.05, 0) is 123 Å². The van der Waals surface area contributed by atoms with Gasteiger partial charge in [0.2, 0.25) is 5.91 Å². The molecule has 5 rings (SSSR count). The van der Waals surface area contributed by atoms with E-state index in [-0.39, 0.29) is 34.8 Å². The Kier molecular flexibility index (Phi) is 7.31. The number of carboxylic acid groups (broad SMARTS) is 1. The number of amides is 1. The van der Waals surface area contributed by atoms with Crippen LogP contribution in [0.15, 0.2) is 18.2 Å². The smallest absolute Gasteiger partial charge is 0.339 e. The standard InChI is InChI=1S/C30H43NO6/c1-16(3-10-27(35)31-18-4-9-25(33)23(15-18)29(36)37)20-5-6-22-21(20)7-8-24-28(22)26(34)14-17-13-19(32)11-12-30(17,24)2/h4,9,15-17,19-22,24,26,28,32-34H,3,5-8,10-14H2,1-2H3,(H,31,35)(H,36,37)/t16-,17+,19-,20?,21-,22?,24?,26?,28?,30+/m1/s1. The summed E-state index contributed by atoms with van der Waals surface area (Å²) < 4.78 is 0. The summed E-state index contributed by atoms with van der Waals surface area (Å²) in [5.41, 5.74) is 0.388. The normalized spacial score (nSPS) is 39.7. The molecule has 1 aromatic carbocycles. The molecular formula is C30H43NO6. The number of benzene rings is 1. The second-order valence-electron chi connectivity index (χ2n) is 12.9. The highest BCUT2D eigenvalue weighted by atomic mass is 16.4. The Morgan fingerprint density at radius 3 is 2.59 bits per heavy atom. The van der Waals surface area contributed by atoms with Gasteiger partial charge in [0.25, 0.3) is 0 Å². The molecule has 10 atom stereocenters. The molecule has 0 radical (unpaired) electrons. The number of carbonyl (C=O) groups is 2. The molecule has 4 saturated carbocycles. The third-order valence-corrected chi connectivity index (χ3v) is 11.1. The summed E-state index contributed by atoms with van der Waals surface area (Å²) in [4.78, 5) is 23.9. The van der Waals surface area contributed by atoms with Crippen molar-refractivity contribution >= 4 is 17.6 Å². The van der Waals surface area contributed by atoms with Crippen LogP contribution in [0.1, 0.15) is 88.4 Å². The van der Waals surface area contributed by atoms with E-state index >= 15 is 0 Å². The highest BCUT2D eigenvalue weighted by Gasteiger charge is 2.59. The van der Waals surface area contributed by atoms with Crippen LogP contribution in [0, 0.1) is 46.8 Å². The number of anilines is 1. The molecule has 0 aromatic heterocycles. The number of aliphatic hydroxyl groups excluding tert-OH is 2. The van der Waals surface area contributed by atoms with E-state index in [2.05, 4.69) is 19.2 Å². The lowest BCUT2D eigenvalue weighted by molar-refractivity contribution is -0.158. The largest absolute Gasteiger partial charge is 0.507 e. The van der Waals surface area contributed by atoms with Gasteiger partial charge < -0.3 is 25.7 Å².